The van der Waals surface area contributed by atoms with E-state index in [-0.39, 0.29) is 29.1 Å². The number of halogens is 1. The standard InChI is InChI=1S/C19H26FN3O2/c1-22(2)17(24)14-7-11-23(12-8-14)18(25)21-13-19(9-10-19)15-3-5-16(20)6-4-15/h3-6,14H,7-13H2,1-2H3,(H,21,25). The van der Waals surface area contributed by atoms with Crippen LogP contribution in [-0.2, 0) is 10.2 Å². The Morgan fingerprint density at radius 2 is 1.80 bits per heavy atom. The van der Waals surface area contributed by atoms with Crippen LogP contribution in [0.15, 0.2) is 24.3 Å². The Balaban J connectivity index is 1.49. The number of urea groups is 1. The first-order valence-corrected chi connectivity index (χ1v) is 8.91. The molecule has 136 valence electrons. The second kappa shape index (κ2) is 7.02. The van der Waals surface area contributed by atoms with E-state index in [0.717, 1.165) is 18.4 Å². The molecule has 6 heteroatoms. The van der Waals surface area contributed by atoms with Crippen LogP contribution in [-0.4, -0.2) is 55.5 Å². The molecule has 3 rings (SSSR count). The van der Waals surface area contributed by atoms with Gasteiger partial charge in [-0.25, -0.2) is 9.18 Å². The largest absolute Gasteiger partial charge is 0.349 e. The molecule has 0 atom stereocenters. The van der Waals surface area contributed by atoms with Crippen LogP contribution in [0.3, 0.4) is 0 Å². The zero-order chi connectivity index (χ0) is 18.0. The number of rotatable bonds is 4. The Bertz CT molecular complexity index is 633. The minimum absolute atomic E-state index is 0.0213. The van der Waals surface area contributed by atoms with Crippen molar-refractivity contribution >= 4 is 11.9 Å². The average Bonchev–Trinajstić information content (AvgIpc) is 3.41. The predicted molar refractivity (Wildman–Crippen MR) is 93.7 cm³/mol. The van der Waals surface area contributed by atoms with Crippen LogP contribution in [0, 0.1) is 11.7 Å². The fraction of sp³-hybridized carbons (Fsp3) is 0.579. The summed E-state index contributed by atoms with van der Waals surface area (Å²) >= 11 is 0. The highest BCUT2D eigenvalue weighted by molar-refractivity contribution is 5.79. The lowest BCUT2D eigenvalue weighted by Gasteiger charge is -2.33. The second-order valence-electron chi connectivity index (χ2n) is 7.44. The van der Waals surface area contributed by atoms with Gasteiger partial charge in [-0.1, -0.05) is 12.1 Å². The van der Waals surface area contributed by atoms with E-state index in [1.54, 1.807) is 23.9 Å². The van der Waals surface area contributed by atoms with E-state index in [9.17, 15) is 14.0 Å². The molecule has 5 nitrogen and oxygen atoms in total. The number of nitrogens with one attached hydrogen (secondary N) is 1. The molecule has 1 heterocycles. The van der Waals surface area contributed by atoms with Gasteiger partial charge in [0.1, 0.15) is 5.82 Å². The summed E-state index contributed by atoms with van der Waals surface area (Å²) in [7, 11) is 3.54. The zero-order valence-electron chi connectivity index (χ0n) is 14.9. The molecule has 1 aromatic carbocycles. The van der Waals surface area contributed by atoms with Crippen LogP contribution in [0.4, 0.5) is 9.18 Å². The van der Waals surface area contributed by atoms with Crippen LogP contribution < -0.4 is 5.32 Å². The third-order valence-electron chi connectivity index (χ3n) is 5.46. The molecule has 0 radical (unpaired) electrons. The SMILES string of the molecule is CN(C)C(=O)C1CCN(C(=O)NCC2(c3ccc(F)cc3)CC2)CC1. The maximum Gasteiger partial charge on any atom is 0.317 e. The number of nitrogens with zero attached hydrogens (tertiary/aromatic N) is 2. The molecule has 25 heavy (non-hydrogen) atoms. The van der Waals surface area contributed by atoms with Gasteiger partial charge in [-0.2, -0.15) is 0 Å². The molecular weight excluding hydrogens is 321 g/mol. The lowest BCUT2D eigenvalue weighted by atomic mass is 9.95. The average molecular weight is 347 g/mol. The van der Waals surface area contributed by atoms with E-state index in [1.165, 1.54) is 12.1 Å². The van der Waals surface area contributed by atoms with Crippen molar-refractivity contribution in [1.29, 1.82) is 0 Å². The molecule has 1 aliphatic heterocycles. The third kappa shape index (κ3) is 3.94. The molecule has 3 amide bonds. The molecule has 2 fully saturated rings. The summed E-state index contributed by atoms with van der Waals surface area (Å²) in [6.07, 6.45) is 3.46. The number of piperidine rings is 1. The lowest BCUT2D eigenvalue weighted by Crippen LogP contribution is -2.48. The maximum absolute atomic E-state index is 13.1. The predicted octanol–water partition coefficient (Wildman–Crippen LogP) is 2.37. The van der Waals surface area contributed by atoms with Gasteiger partial charge in [0.25, 0.3) is 0 Å². The van der Waals surface area contributed by atoms with Crippen molar-refractivity contribution < 1.29 is 14.0 Å². The monoisotopic (exact) mass is 347 g/mol. The van der Waals surface area contributed by atoms with Gasteiger partial charge < -0.3 is 15.1 Å². The van der Waals surface area contributed by atoms with Gasteiger partial charge >= 0.3 is 6.03 Å². The molecule has 0 bridgehead atoms. The Labute approximate surface area is 148 Å². The number of carbonyl (C=O) groups is 2. The van der Waals surface area contributed by atoms with Crippen LogP contribution >= 0.6 is 0 Å². The van der Waals surface area contributed by atoms with E-state index in [1.807, 2.05) is 12.1 Å². The van der Waals surface area contributed by atoms with Crippen molar-refractivity contribution in [1.82, 2.24) is 15.1 Å². The molecule has 1 saturated carbocycles. The highest BCUT2D eigenvalue weighted by Crippen LogP contribution is 2.47. The lowest BCUT2D eigenvalue weighted by molar-refractivity contribution is -0.134. The maximum atomic E-state index is 13.1. The van der Waals surface area contributed by atoms with E-state index in [2.05, 4.69) is 5.32 Å². The Morgan fingerprint density at radius 1 is 1.20 bits per heavy atom. The van der Waals surface area contributed by atoms with Gasteiger partial charge in [0.05, 0.1) is 0 Å². The van der Waals surface area contributed by atoms with E-state index in [4.69, 9.17) is 0 Å². The molecule has 1 saturated heterocycles. The minimum Gasteiger partial charge on any atom is -0.349 e. The van der Waals surface area contributed by atoms with Crippen LogP contribution in [0.5, 0.6) is 0 Å². The topological polar surface area (TPSA) is 52.7 Å². The number of hydrogen-bond donors (Lipinski definition) is 1. The van der Waals surface area contributed by atoms with Crippen molar-refractivity contribution in [3.63, 3.8) is 0 Å². The number of carbonyl (C=O) groups excluding carboxylic acids is 2. The normalized spacial score (nSPS) is 19.4. The highest BCUT2D eigenvalue weighted by atomic mass is 19.1. The fourth-order valence-electron chi connectivity index (χ4n) is 3.57. The third-order valence-corrected chi connectivity index (χ3v) is 5.46. The van der Waals surface area contributed by atoms with Crippen molar-refractivity contribution in [2.75, 3.05) is 33.7 Å². The van der Waals surface area contributed by atoms with Gasteiger partial charge in [-0.3, -0.25) is 4.79 Å². The summed E-state index contributed by atoms with van der Waals surface area (Å²) in [5.41, 5.74) is 1.05. The summed E-state index contributed by atoms with van der Waals surface area (Å²) in [6, 6.07) is 6.51. The number of benzene rings is 1. The van der Waals surface area contributed by atoms with Gasteiger partial charge in [0, 0.05) is 45.1 Å². The summed E-state index contributed by atoms with van der Waals surface area (Å²) in [5, 5.41) is 3.03. The number of hydrogen-bond acceptors (Lipinski definition) is 2. The first-order chi connectivity index (χ1) is 11.9. The molecule has 0 aromatic heterocycles. The van der Waals surface area contributed by atoms with Gasteiger partial charge in [-0.05, 0) is 43.4 Å². The van der Waals surface area contributed by atoms with Gasteiger partial charge in [0.15, 0.2) is 0 Å². The molecule has 1 aliphatic carbocycles. The summed E-state index contributed by atoms with van der Waals surface area (Å²) in [4.78, 5) is 27.8. The molecule has 0 spiro atoms. The van der Waals surface area contributed by atoms with Crippen LogP contribution in [0.25, 0.3) is 0 Å². The van der Waals surface area contributed by atoms with Crippen molar-refractivity contribution in [2.24, 2.45) is 5.92 Å². The first-order valence-electron chi connectivity index (χ1n) is 8.91. The fourth-order valence-corrected chi connectivity index (χ4v) is 3.57. The van der Waals surface area contributed by atoms with Crippen molar-refractivity contribution in [2.45, 2.75) is 31.1 Å². The van der Waals surface area contributed by atoms with Crippen molar-refractivity contribution in [3.8, 4) is 0 Å². The Hall–Kier alpha value is -2.11. The van der Waals surface area contributed by atoms with Crippen molar-refractivity contribution in [3.05, 3.63) is 35.6 Å². The molecular formula is C19H26FN3O2. The van der Waals surface area contributed by atoms with Crippen LogP contribution in [0.1, 0.15) is 31.2 Å². The molecule has 1 N–H and O–H groups in total. The van der Waals surface area contributed by atoms with Gasteiger partial charge in [0.2, 0.25) is 5.91 Å². The molecule has 1 aromatic rings. The van der Waals surface area contributed by atoms with Crippen LogP contribution in [0.2, 0.25) is 0 Å². The quantitative estimate of drug-likeness (QED) is 0.909. The number of amides is 3. The number of likely N-dealkylation sites (tertiary alicyclic amines) is 1. The Morgan fingerprint density at radius 3 is 2.32 bits per heavy atom. The van der Waals surface area contributed by atoms with E-state index >= 15 is 0 Å². The Kier molecular flexibility index (Phi) is 4.97. The summed E-state index contributed by atoms with van der Waals surface area (Å²) in [6.45, 7) is 1.80. The molecule has 2 aliphatic rings. The highest BCUT2D eigenvalue weighted by Gasteiger charge is 2.44. The minimum atomic E-state index is -0.237. The first kappa shape index (κ1) is 17.7. The van der Waals surface area contributed by atoms with Gasteiger partial charge in [-0.15, -0.1) is 0 Å². The molecule has 0 unspecified atom stereocenters. The van der Waals surface area contributed by atoms with E-state index < -0.39 is 0 Å². The second-order valence-corrected chi connectivity index (χ2v) is 7.44. The summed E-state index contributed by atoms with van der Waals surface area (Å²) < 4.78 is 13.1. The van der Waals surface area contributed by atoms with E-state index in [0.29, 0.717) is 32.5 Å². The zero-order valence-corrected chi connectivity index (χ0v) is 14.9. The summed E-state index contributed by atoms with van der Waals surface area (Å²) in [5.74, 6) is -0.0694. The smallest absolute Gasteiger partial charge is 0.317 e.